The molecule has 0 aliphatic carbocycles. The van der Waals surface area contributed by atoms with Gasteiger partial charge in [-0.05, 0) is 55.3 Å². The van der Waals surface area contributed by atoms with Crippen molar-refractivity contribution >= 4 is 11.5 Å². The second-order valence-corrected chi connectivity index (χ2v) is 8.69. The molecule has 172 valence electrons. The number of ether oxygens (including phenoxy) is 1. The van der Waals surface area contributed by atoms with Crippen LogP contribution in [0.15, 0.2) is 72.8 Å². The molecule has 0 aromatic heterocycles. The highest BCUT2D eigenvalue weighted by molar-refractivity contribution is 6.08. The first-order valence-electron chi connectivity index (χ1n) is 11.6. The maximum atomic E-state index is 12.5. The molecule has 33 heavy (non-hydrogen) atoms. The van der Waals surface area contributed by atoms with Crippen LogP contribution in [0, 0.1) is 13.8 Å². The number of hydrogen-bond donors (Lipinski definition) is 1. The summed E-state index contributed by atoms with van der Waals surface area (Å²) in [6.45, 7) is 8.89. The third-order valence-electron chi connectivity index (χ3n) is 6.35. The molecular formula is C28H32N2O3. The molecule has 0 radical (unpaired) electrons. The Hall–Kier alpha value is -3.15. The van der Waals surface area contributed by atoms with E-state index in [9.17, 15) is 9.90 Å². The van der Waals surface area contributed by atoms with E-state index in [1.54, 1.807) is 24.3 Å². The highest BCUT2D eigenvalue weighted by Gasteiger charge is 2.21. The summed E-state index contributed by atoms with van der Waals surface area (Å²) in [7, 11) is 0. The van der Waals surface area contributed by atoms with Crippen molar-refractivity contribution in [2.75, 3.05) is 44.2 Å². The Labute approximate surface area is 196 Å². The second-order valence-electron chi connectivity index (χ2n) is 8.69. The summed E-state index contributed by atoms with van der Waals surface area (Å²) in [5, 5.41) is 10.5. The van der Waals surface area contributed by atoms with Crippen molar-refractivity contribution in [1.29, 1.82) is 0 Å². The lowest BCUT2D eigenvalue weighted by Gasteiger charge is -2.37. The molecule has 0 saturated carbocycles. The van der Waals surface area contributed by atoms with Crippen LogP contribution in [0.2, 0.25) is 0 Å². The summed E-state index contributed by atoms with van der Waals surface area (Å²) in [6.07, 6.45) is -0.567. The molecule has 1 N–H and O–H groups in total. The zero-order valence-corrected chi connectivity index (χ0v) is 19.4. The van der Waals surface area contributed by atoms with Crippen molar-refractivity contribution < 1.29 is 14.6 Å². The van der Waals surface area contributed by atoms with Crippen molar-refractivity contribution in [3.05, 3.63) is 95.1 Å². The number of benzene rings is 3. The Balaban J connectivity index is 1.22. The predicted octanol–water partition coefficient (Wildman–Crippen LogP) is 4.10. The van der Waals surface area contributed by atoms with E-state index in [0.29, 0.717) is 23.4 Å². The molecule has 0 unspecified atom stereocenters. The Morgan fingerprint density at radius 3 is 2.24 bits per heavy atom. The number of aryl methyl sites for hydroxylation is 1. The van der Waals surface area contributed by atoms with E-state index in [4.69, 9.17) is 4.74 Å². The van der Waals surface area contributed by atoms with E-state index >= 15 is 0 Å². The number of aliphatic hydroxyl groups is 1. The van der Waals surface area contributed by atoms with Gasteiger partial charge in [-0.3, -0.25) is 9.69 Å². The first-order chi connectivity index (χ1) is 16.0. The molecule has 1 saturated heterocycles. The van der Waals surface area contributed by atoms with Crippen molar-refractivity contribution in [3.8, 4) is 5.75 Å². The van der Waals surface area contributed by atoms with Crippen LogP contribution in [-0.2, 0) is 0 Å². The third kappa shape index (κ3) is 5.81. The van der Waals surface area contributed by atoms with E-state index in [0.717, 1.165) is 26.2 Å². The first-order valence-corrected chi connectivity index (χ1v) is 11.6. The van der Waals surface area contributed by atoms with Crippen LogP contribution < -0.4 is 9.64 Å². The molecule has 1 aliphatic rings. The van der Waals surface area contributed by atoms with Crippen LogP contribution in [-0.4, -0.2) is 61.2 Å². The number of ketones is 1. The number of carbonyl (C=O) groups excluding carboxylic acids is 1. The van der Waals surface area contributed by atoms with E-state index in [1.807, 2.05) is 30.3 Å². The molecule has 0 spiro atoms. The lowest BCUT2D eigenvalue weighted by atomic mass is 10.0. The summed E-state index contributed by atoms with van der Waals surface area (Å²) in [4.78, 5) is 17.2. The number of carbonyl (C=O) groups is 1. The van der Waals surface area contributed by atoms with Gasteiger partial charge in [0.2, 0.25) is 0 Å². The van der Waals surface area contributed by atoms with Crippen LogP contribution in [0.4, 0.5) is 5.69 Å². The quantitative estimate of drug-likeness (QED) is 0.530. The number of anilines is 1. The summed E-state index contributed by atoms with van der Waals surface area (Å²) >= 11 is 0. The van der Waals surface area contributed by atoms with Crippen LogP contribution >= 0.6 is 0 Å². The normalized spacial score (nSPS) is 15.3. The molecule has 4 rings (SSSR count). The zero-order chi connectivity index (χ0) is 23.2. The topological polar surface area (TPSA) is 53.0 Å². The highest BCUT2D eigenvalue weighted by Crippen LogP contribution is 2.24. The molecular weight excluding hydrogens is 412 g/mol. The summed E-state index contributed by atoms with van der Waals surface area (Å²) < 4.78 is 5.77. The average molecular weight is 445 g/mol. The number of piperazine rings is 1. The van der Waals surface area contributed by atoms with Crippen LogP contribution in [0.3, 0.4) is 0 Å². The minimum absolute atomic E-state index is 0.0119. The van der Waals surface area contributed by atoms with Gasteiger partial charge in [0.1, 0.15) is 18.5 Å². The average Bonchev–Trinajstić information content (AvgIpc) is 2.85. The first kappa shape index (κ1) is 23.0. The minimum atomic E-state index is -0.567. The van der Waals surface area contributed by atoms with Gasteiger partial charge in [-0.1, -0.05) is 42.5 Å². The molecule has 0 amide bonds. The van der Waals surface area contributed by atoms with Gasteiger partial charge in [0.15, 0.2) is 5.78 Å². The molecule has 1 aliphatic heterocycles. The van der Waals surface area contributed by atoms with E-state index in [-0.39, 0.29) is 12.4 Å². The molecule has 3 aromatic carbocycles. The Morgan fingerprint density at radius 1 is 0.879 bits per heavy atom. The van der Waals surface area contributed by atoms with E-state index in [2.05, 4.69) is 41.8 Å². The van der Waals surface area contributed by atoms with Gasteiger partial charge in [-0.25, -0.2) is 0 Å². The summed E-state index contributed by atoms with van der Waals surface area (Å²) in [6, 6.07) is 22.8. The lowest BCUT2D eigenvalue weighted by molar-refractivity contribution is 0.0663. The van der Waals surface area contributed by atoms with Crippen molar-refractivity contribution in [3.63, 3.8) is 0 Å². The Morgan fingerprint density at radius 2 is 1.55 bits per heavy atom. The number of rotatable bonds is 8. The van der Waals surface area contributed by atoms with Crippen molar-refractivity contribution in [2.45, 2.75) is 20.0 Å². The zero-order valence-electron chi connectivity index (χ0n) is 19.4. The number of β-amino-alcohol motifs (C(OH)–C–C–N with tert-alkyl or cyclic N) is 1. The predicted molar refractivity (Wildman–Crippen MR) is 132 cm³/mol. The molecule has 1 fully saturated rings. The molecule has 5 nitrogen and oxygen atoms in total. The smallest absolute Gasteiger partial charge is 0.193 e. The van der Waals surface area contributed by atoms with Crippen molar-refractivity contribution in [1.82, 2.24) is 4.90 Å². The summed E-state index contributed by atoms with van der Waals surface area (Å²) in [5.41, 5.74) is 5.26. The number of nitrogens with zero attached hydrogens (tertiary/aromatic N) is 2. The van der Waals surface area contributed by atoms with Gasteiger partial charge in [0.25, 0.3) is 0 Å². The SMILES string of the molecule is Cc1cccc(N2CCN(C[C@@H](O)COc3ccc(C(=O)c4ccccc4)cc3)CC2)c1C. The van der Waals surface area contributed by atoms with Gasteiger partial charge >= 0.3 is 0 Å². The lowest BCUT2D eigenvalue weighted by Crippen LogP contribution is -2.49. The van der Waals surface area contributed by atoms with Gasteiger partial charge in [-0.2, -0.15) is 0 Å². The maximum Gasteiger partial charge on any atom is 0.193 e. The monoisotopic (exact) mass is 444 g/mol. The van der Waals surface area contributed by atoms with Gasteiger partial charge in [0, 0.05) is 49.5 Å². The molecule has 5 heteroatoms. The molecule has 1 atom stereocenters. The van der Waals surface area contributed by atoms with Gasteiger partial charge < -0.3 is 14.7 Å². The number of aliphatic hydroxyl groups excluding tert-OH is 1. The number of hydrogen-bond acceptors (Lipinski definition) is 5. The third-order valence-corrected chi connectivity index (χ3v) is 6.35. The molecule has 3 aromatic rings. The maximum absolute atomic E-state index is 12.5. The Bertz CT molecular complexity index is 1060. The fourth-order valence-electron chi connectivity index (χ4n) is 4.25. The molecule has 1 heterocycles. The standard InChI is InChI=1S/C28H32N2O3/c1-21-7-6-10-27(22(21)2)30-17-15-29(16-18-30)19-25(31)20-33-26-13-11-24(12-14-26)28(32)23-8-4-3-5-9-23/h3-14,25,31H,15-20H2,1-2H3/t25-/m1/s1. The van der Waals surface area contributed by atoms with Crippen LogP contribution in [0.25, 0.3) is 0 Å². The van der Waals surface area contributed by atoms with Gasteiger partial charge in [-0.15, -0.1) is 0 Å². The van der Waals surface area contributed by atoms with Crippen molar-refractivity contribution in [2.24, 2.45) is 0 Å². The molecule has 0 bridgehead atoms. The Kier molecular flexibility index (Phi) is 7.43. The van der Waals surface area contributed by atoms with Crippen LogP contribution in [0.1, 0.15) is 27.0 Å². The fourth-order valence-corrected chi connectivity index (χ4v) is 4.25. The van der Waals surface area contributed by atoms with Crippen LogP contribution in [0.5, 0.6) is 5.75 Å². The van der Waals surface area contributed by atoms with E-state index in [1.165, 1.54) is 16.8 Å². The highest BCUT2D eigenvalue weighted by atomic mass is 16.5. The van der Waals surface area contributed by atoms with Gasteiger partial charge in [0.05, 0.1) is 0 Å². The van der Waals surface area contributed by atoms with E-state index < -0.39 is 6.10 Å². The second kappa shape index (κ2) is 10.6. The largest absolute Gasteiger partial charge is 0.491 e. The minimum Gasteiger partial charge on any atom is -0.491 e. The fraction of sp³-hybridized carbons (Fsp3) is 0.321. The summed E-state index contributed by atoms with van der Waals surface area (Å²) in [5.74, 6) is 0.639.